The lowest BCUT2D eigenvalue weighted by Gasteiger charge is -2.20. The summed E-state index contributed by atoms with van der Waals surface area (Å²) in [5.41, 5.74) is 2.24. The predicted octanol–water partition coefficient (Wildman–Crippen LogP) is 4.62. The average Bonchev–Trinajstić information content (AvgIpc) is 3.33. The number of H-pyrrole nitrogens is 1. The molecule has 0 unspecified atom stereocenters. The molecule has 4 aromatic rings. The molecule has 0 atom stereocenters. The minimum Gasteiger partial charge on any atom is -0.325 e. The summed E-state index contributed by atoms with van der Waals surface area (Å²) in [6, 6.07) is 17.5. The lowest BCUT2D eigenvalue weighted by molar-refractivity contribution is -0.113. The first-order valence-corrected chi connectivity index (χ1v) is 11.6. The van der Waals surface area contributed by atoms with Crippen molar-refractivity contribution in [1.29, 1.82) is 0 Å². The summed E-state index contributed by atoms with van der Waals surface area (Å²) >= 11 is 1.12. The maximum absolute atomic E-state index is 13.1. The third-order valence-corrected chi connectivity index (χ3v) is 6.19. The van der Waals surface area contributed by atoms with E-state index in [-0.39, 0.29) is 40.2 Å². The van der Waals surface area contributed by atoms with Gasteiger partial charge in [0.2, 0.25) is 11.1 Å². The van der Waals surface area contributed by atoms with Gasteiger partial charge in [-0.3, -0.25) is 19.5 Å². The second-order valence-electron chi connectivity index (χ2n) is 7.66. The number of carbonyl (C=O) groups is 3. The molecule has 9 heteroatoms. The van der Waals surface area contributed by atoms with E-state index in [1.54, 1.807) is 66.7 Å². The fourth-order valence-electron chi connectivity index (χ4n) is 3.71. The maximum atomic E-state index is 13.1. The summed E-state index contributed by atoms with van der Waals surface area (Å²) in [5, 5.41) is 9.95. The van der Waals surface area contributed by atoms with Gasteiger partial charge in [0.05, 0.1) is 17.0 Å². The number of thioether (sulfide) groups is 1. The van der Waals surface area contributed by atoms with Gasteiger partial charge in [-0.1, -0.05) is 66.4 Å². The van der Waals surface area contributed by atoms with Crippen LogP contribution in [0.3, 0.4) is 0 Å². The normalized spacial score (nSPS) is 12.5. The fourth-order valence-corrected chi connectivity index (χ4v) is 4.32. The number of anilines is 1. The standard InChI is InChI=1S/C26H17FN4O3S/c27-16-11-8-15(9-12-16)10-13-21-29-26(31-30-21)35-14-22(32)28-20-7-3-6-19-23(20)25(34)18-5-2-1-4-17(18)24(19)33/h1-13H,14H2,(H,28,32)(H,29,30,31)/b13-10+. The number of hydrogen-bond acceptors (Lipinski definition) is 6. The molecule has 1 heterocycles. The highest BCUT2D eigenvalue weighted by Crippen LogP contribution is 2.32. The SMILES string of the molecule is O=C(CSc1n[nH]c(/C=C/c2ccc(F)cc2)n1)Nc1cccc2c1C(=O)c1ccccc1C2=O. The first-order valence-electron chi connectivity index (χ1n) is 10.6. The van der Waals surface area contributed by atoms with Gasteiger partial charge in [-0.05, 0) is 29.8 Å². The van der Waals surface area contributed by atoms with Crippen LogP contribution >= 0.6 is 11.8 Å². The van der Waals surface area contributed by atoms with Gasteiger partial charge < -0.3 is 5.32 Å². The molecule has 1 aliphatic carbocycles. The molecule has 1 aromatic heterocycles. The zero-order valence-corrected chi connectivity index (χ0v) is 18.9. The third kappa shape index (κ3) is 4.67. The summed E-state index contributed by atoms with van der Waals surface area (Å²) in [6.45, 7) is 0. The van der Waals surface area contributed by atoms with Crippen LogP contribution in [-0.4, -0.2) is 38.4 Å². The number of halogens is 1. The molecule has 1 aliphatic rings. The molecule has 0 bridgehead atoms. The summed E-state index contributed by atoms with van der Waals surface area (Å²) in [4.78, 5) is 42.8. The summed E-state index contributed by atoms with van der Waals surface area (Å²) in [7, 11) is 0. The maximum Gasteiger partial charge on any atom is 0.234 e. The highest BCUT2D eigenvalue weighted by molar-refractivity contribution is 7.99. The van der Waals surface area contributed by atoms with E-state index >= 15 is 0 Å². The van der Waals surface area contributed by atoms with Crippen molar-refractivity contribution in [1.82, 2.24) is 15.2 Å². The van der Waals surface area contributed by atoms with Crippen molar-refractivity contribution in [2.75, 3.05) is 11.1 Å². The lowest BCUT2D eigenvalue weighted by atomic mass is 9.83. The average molecular weight is 485 g/mol. The number of aromatic amines is 1. The number of benzene rings is 3. The van der Waals surface area contributed by atoms with E-state index in [0.29, 0.717) is 27.8 Å². The summed E-state index contributed by atoms with van der Waals surface area (Å²) in [6.07, 6.45) is 3.46. The lowest BCUT2D eigenvalue weighted by Crippen LogP contribution is -2.24. The number of ketones is 2. The van der Waals surface area contributed by atoms with E-state index in [0.717, 1.165) is 17.3 Å². The molecule has 1 amide bonds. The Morgan fingerprint density at radius 3 is 2.40 bits per heavy atom. The Hall–Kier alpha value is -4.37. The Morgan fingerprint density at radius 2 is 1.63 bits per heavy atom. The van der Waals surface area contributed by atoms with E-state index in [1.807, 2.05) is 0 Å². The molecule has 0 saturated carbocycles. The Kier molecular flexibility index (Phi) is 6.07. The molecule has 172 valence electrons. The fraction of sp³-hybridized carbons (Fsp3) is 0.0385. The molecular weight excluding hydrogens is 467 g/mol. The molecule has 2 N–H and O–H groups in total. The number of rotatable bonds is 6. The van der Waals surface area contributed by atoms with Crippen LogP contribution in [0.15, 0.2) is 71.9 Å². The first kappa shape index (κ1) is 22.4. The minimum absolute atomic E-state index is 0.00135. The van der Waals surface area contributed by atoms with Crippen LogP contribution in [0.1, 0.15) is 43.2 Å². The number of nitrogens with zero attached hydrogens (tertiary/aromatic N) is 2. The molecule has 5 rings (SSSR count). The smallest absolute Gasteiger partial charge is 0.234 e. The number of carbonyl (C=O) groups excluding carboxylic acids is 3. The highest BCUT2D eigenvalue weighted by Gasteiger charge is 2.31. The number of fused-ring (bicyclic) bond motifs is 2. The van der Waals surface area contributed by atoms with Crippen molar-refractivity contribution >= 4 is 47.1 Å². The molecule has 0 spiro atoms. The third-order valence-electron chi connectivity index (χ3n) is 5.34. The van der Waals surface area contributed by atoms with E-state index < -0.39 is 0 Å². The van der Waals surface area contributed by atoms with Crippen molar-refractivity contribution < 1.29 is 18.8 Å². The zero-order valence-electron chi connectivity index (χ0n) is 18.1. The van der Waals surface area contributed by atoms with Gasteiger partial charge >= 0.3 is 0 Å². The van der Waals surface area contributed by atoms with Gasteiger partial charge in [0.15, 0.2) is 11.6 Å². The number of hydrogen-bond donors (Lipinski definition) is 2. The molecular formula is C26H17FN4O3S. The first-order chi connectivity index (χ1) is 17.0. The molecule has 3 aromatic carbocycles. The molecule has 35 heavy (non-hydrogen) atoms. The largest absolute Gasteiger partial charge is 0.325 e. The molecule has 0 aliphatic heterocycles. The number of aromatic nitrogens is 3. The van der Waals surface area contributed by atoms with Gasteiger partial charge in [-0.15, -0.1) is 5.10 Å². The van der Waals surface area contributed by atoms with Gasteiger partial charge in [0.1, 0.15) is 11.6 Å². The molecule has 0 saturated heterocycles. The molecule has 0 radical (unpaired) electrons. The van der Waals surface area contributed by atoms with Crippen LogP contribution in [0.2, 0.25) is 0 Å². The van der Waals surface area contributed by atoms with Gasteiger partial charge in [-0.25, -0.2) is 9.37 Å². The predicted molar refractivity (Wildman–Crippen MR) is 131 cm³/mol. The van der Waals surface area contributed by atoms with Crippen LogP contribution in [0.4, 0.5) is 10.1 Å². The van der Waals surface area contributed by atoms with E-state index in [9.17, 15) is 18.8 Å². The van der Waals surface area contributed by atoms with E-state index in [1.165, 1.54) is 12.1 Å². The highest BCUT2D eigenvalue weighted by atomic mass is 32.2. The van der Waals surface area contributed by atoms with E-state index in [2.05, 4.69) is 20.5 Å². The van der Waals surface area contributed by atoms with Crippen LogP contribution in [0.25, 0.3) is 12.2 Å². The minimum atomic E-state index is -0.365. The van der Waals surface area contributed by atoms with Gasteiger partial charge in [0, 0.05) is 16.7 Å². The van der Waals surface area contributed by atoms with Crippen molar-refractivity contribution in [2.45, 2.75) is 5.16 Å². The Bertz CT molecular complexity index is 1490. The summed E-state index contributed by atoms with van der Waals surface area (Å²) < 4.78 is 13.0. The summed E-state index contributed by atoms with van der Waals surface area (Å²) in [5.74, 6) is -0.738. The van der Waals surface area contributed by atoms with Crippen molar-refractivity contribution in [3.05, 3.63) is 106 Å². The van der Waals surface area contributed by atoms with E-state index in [4.69, 9.17) is 0 Å². The second kappa shape index (κ2) is 9.47. The number of nitrogens with one attached hydrogen (secondary N) is 2. The molecule has 7 nitrogen and oxygen atoms in total. The topological polar surface area (TPSA) is 105 Å². The van der Waals surface area contributed by atoms with Gasteiger partial charge in [0.25, 0.3) is 0 Å². The van der Waals surface area contributed by atoms with Crippen molar-refractivity contribution in [3.8, 4) is 0 Å². The number of amides is 1. The molecule has 0 fully saturated rings. The zero-order chi connectivity index (χ0) is 24.4. The van der Waals surface area contributed by atoms with Crippen molar-refractivity contribution in [2.24, 2.45) is 0 Å². The monoisotopic (exact) mass is 484 g/mol. The van der Waals surface area contributed by atoms with Crippen molar-refractivity contribution in [3.63, 3.8) is 0 Å². The van der Waals surface area contributed by atoms with Gasteiger partial charge in [-0.2, -0.15) is 0 Å². The van der Waals surface area contributed by atoms with Crippen LogP contribution < -0.4 is 5.32 Å². The van der Waals surface area contributed by atoms with Crippen LogP contribution in [0, 0.1) is 5.82 Å². The Labute approximate surface area is 203 Å². The van der Waals surface area contributed by atoms with Crippen LogP contribution in [0.5, 0.6) is 0 Å². The Balaban J connectivity index is 1.25. The quantitative estimate of drug-likeness (QED) is 0.341. The second-order valence-corrected chi connectivity index (χ2v) is 8.60. The Morgan fingerprint density at radius 1 is 0.914 bits per heavy atom. The van der Waals surface area contributed by atoms with Crippen LogP contribution in [-0.2, 0) is 4.79 Å².